The average molecular weight is 232 g/mol. The average Bonchev–Trinajstić information content (AvgIpc) is 2.15. The number of nitrogens with two attached hydrogens (primary N) is 1. The topological polar surface area (TPSA) is 26.0 Å². The molecule has 78 valence electrons. The summed E-state index contributed by atoms with van der Waals surface area (Å²) in [4.78, 5) is 0. The highest BCUT2D eigenvalue weighted by atomic mass is 35.5. The van der Waals surface area contributed by atoms with Gasteiger partial charge in [-0.2, -0.15) is 0 Å². The first-order chi connectivity index (χ1) is 6.24. The zero-order valence-electron chi connectivity index (χ0n) is 7.95. The Morgan fingerprint density at radius 2 is 1.93 bits per heavy atom. The number of halogens is 2. The highest BCUT2D eigenvalue weighted by molar-refractivity contribution is 6.30. The van der Waals surface area contributed by atoms with Gasteiger partial charge in [-0.15, -0.1) is 19.0 Å². The van der Waals surface area contributed by atoms with E-state index in [1.54, 1.807) is 0 Å². The third kappa shape index (κ3) is 4.14. The SMILES string of the molecule is C=CCC[C@@H](N)c1ccc(Cl)cc1.Cl. The Kier molecular flexibility index (Phi) is 6.64. The predicted molar refractivity (Wildman–Crippen MR) is 65.1 cm³/mol. The minimum Gasteiger partial charge on any atom is -0.324 e. The largest absolute Gasteiger partial charge is 0.324 e. The summed E-state index contributed by atoms with van der Waals surface area (Å²) < 4.78 is 0. The molecule has 1 atom stereocenters. The normalized spacial score (nSPS) is 11.6. The number of rotatable bonds is 4. The summed E-state index contributed by atoms with van der Waals surface area (Å²) in [6, 6.07) is 7.76. The standard InChI is InChI=1S/C11H14ClN.ClH/c1-2-3-4-11(13)9-5-7-10(12)8-6-9;/h2,5-8,11H,1,3-4,13H2;1H/t11-;/m1./s1. The maximum atomic E-state index is 5.94. The lowest BCUT2D eigenvalue weighted by Gasteiger charge is -2.10. The van der Waals surface area contributed by atoms with Crippen LogP contribution in [0.2, 0.25) is 5.02 Å². The van der Waals surface area contributed by atoms with Crippen LogP contribution in [-0.4, -0.2) is 0 Å². The summed E-state index contributed by atoms with van der Waals surface area (Å²) in [6.07, 6.45) is 3.77. The van der Waals surface area contributed by atoms with Gasteiger partial charge in [-0.25, -0.2) is 0 Å². The van der Waals surface area contributed by atoms with Crippen LogP contribution in [-0.2, 0) is 0 Å². The molecule has 0 unspecified atom stereocenters. The van der Waals surface area contributed by atoms with Gasteiger partial charge in [0.05, 0.1) is 0 Å². The maximum Gasteiger partial charge on any atom is 0.0406 e. The number of hydrogen-bond donors (Lipinski definition) is 1. The van der Waals surface area contributed by atoms with Crippen LogP contribution in [0.4, 0.5) is 0 Å². The summed E-state index contributed by atoms with van der Waals surface area (Å²) in [5, 5.41) is 0.750. The second-order valence-corrected chi connectivity index (χ2v) is 3.46. The molecule has 14 heavy (non-hydrogen) atoms. The van der Waals surface area contributed by atoms with Gasteiger partial charge in [0.2, 0.25) is 0 Å². The zero-order valence-corrected chi connectivity index (χ0v) is 9.52. The van der Waals surface area contributed by atoms with Crippen LogP contribution in [0.1, 0.15) is 24.4 Å². The zero-order chi connectivity index (χ0) is 9.68. The molecule has 0 saturated heterocycles. The van der Waals surface area contributed by atoms with Crippen molar-refractivity contribution < 1.29 is 0 Å². The van der Waals surface area contributed by atoms with E-state index >= 15 is 0 Å². The Labute approximate surface area is 96.4 Å². The number of allylic oxidation sites excluding steroid dienone is 1. The van der Waals surface area contributed by atoms with Crippen molar-refractivity contribution in [1.29, 1.82) is 0 Å². The minimum atomic E-state index is 0. The first kappa shape index (κ1) is 13.5. The maximum absolute atomic E-state index is 5.94. The van der Waals surface area contributed by atoms with E-state index in [0.29, 0.717) is 0 Å². The second kappa shape index (κ2) is 6.88. The highest BCUT2D eigenvalue weighted by Gasteiger charge is 2.03. The van der Waals surface area contributed by atoms with Gasteiger partial charge in [0.15, 0.2) is 0 Å². The molecule has 0 aromatic heterocycles. The Hall–Kier alpha value is -0.500. The molecule has 0 aliphatic carbocycles. The molecule has 1 aromatic carbocycles. The minimum absolute atomic E-state index is 0. The lowest BCUT2D eigenvalue weighted by atomic mass is 10.0. The summed E-state index contributed by atoms with van der Waals surface area (Å²) in [5.74, 6) is 0. The first-order valence-electron chi connectivity index (χ1n) is 4.36. The van der Waals surface area contributed by atoms with Crippen LogP contribution in [0, 0.1) is 0 Å². The van der Waals surface area contributed by atoms with Gasteiger partial charge in [0, 0.05) is 11.1 Å². The molecule has 0 aliphatic heterocycles. The van der Waals surface area contributed by atoms with Gasteiger partial charge in [0.25, 0.3) is 0 Å². The Balaban J connectivity index is 0.00000169. The van der Waals surface area contributed by atoms with Crippen molar-refractivity contribution >= 4 is 24.0 Å². The van der Waals surface area contributed by atoms with Crippen molar-refractivity contribution in [2.75, 3.05) is 0 Å². The molecule has 0 bridgehead atoms. The summed E-state index contributed by atoms with van der Waals surface area (Å²) in [6.45, 7) is 3.66. The van der Waals surface area contributed by atoms with Crippen LogP contribution in [0.3, 0.4) is 0 Å². The molecule has 0 radical (unpaired) electrons. The molecule has 1 rings (SSSR count). The molecule has 0 heterocycles. The molecule has 0 aliphatic rings. The van der Waals surface area contributed by atoms with Crippen molar-refractivity contribution in [1.82, 2.24) is 0 Å². The smallest absolute Gasteiger partial charge is 0.0406 e. The number of benzene rings is 1. The summed E-state index contributed by atoms with van der Waals surface area (Å²) in [7, 11) is 0. The second-order valence-electron chi connectivity index (χ2n) is 3.02. The summed E-state index contributed by atoms with van der Waals surface area (Å²) >= 11 is 5.76. The Morgan fingerprint density at radius 1 is 1.36 bits per heavy atom. The van der Waals surface area contributed by atoms with Gasteiger partial charge in [-0.05, 0) is 30.5 Å². The molecule has 0 saturated carbocycles. The summed E-state index contributed by atoms with van der Waals surface area (Å²) in [5.41, 5.74) is 7.07. The lowest BCUT2D eigenvalue weighted by Crippen LogP contribution is -2.09. The molecule has 2 N–H and O–H groups in total. The van der Waals surface area contributed by atoms with E-state index in [0.717, 1.165) is 23.4 Å². The molecule has 1 aromatic rings. The molecule has 0 fully saturated rings. The number of hydrogen-bond acceptors (Lipinski definition) is 1. The van der Waals surface area contributed by atoms with Crippen molar-refractivity contribution in [3.05, 3.63) is 47.5 Å². The Bertz CT molecular complexity index is 269. The van der Waals surface area contributed by atoms with Crippen molar-refractivity contribution in [3.8, 4) is 0 Å². The van der Waals surface area contributed by atoms with Crippen LogP contribution in [0.25, 0.3) is 0 Å². The van der Waals surface area contributed by atoms with E-state index in [1.165, 1.54) is 0 Å². The monoisotopic (exact) mass is 231 g/mol. The van der Waals surface area contributed by atoms with E-state index in [9.17, 15) is 0 Å². The predicted octanol–water partition coefficient (Wildman–Crippen LogP) is 3.73. The van der Waals surface area contributed by atoms with Gasteiger partial charge in [-0.1, -0.05) is 29.8 Å². The fourth-order valence-electron chi connectivity index (χ4n) is 1.17. The fourth-order valence-corrected chi connectivity index (χ4v) is 1.30. The van der Waals surface area contributed by atoms with Gasteiger partial charge >= 0.3 is 0 Å². The lowest BCUT2D eigenvalue weighted by molar-refractivity contribution is 0.661. The van der Waals surface area contributed by atoms with Crippen molar-refractivity contribution in [2.45, 2.75) is 18.9 Å². The quantitative estimate of drug-likeness (QED) is 0.786. The molecular weight excluding hydrogens is 217 g/mol. The van der Waals surface area contributed by atoms with Gasteiger partial charge < -0.3 is 5.73 Å². The molecule has 0 amide bonds. The molecular formula is C11H15Cl2N. The van der Waals surface area contributed by atoms with E-state index in [1.807, 2.05) is 30.3 Å². The van der Waals surface area contributed by atoms with E-state index in [2.05, 4.69) is 6.58 Å². The third-order valence-electron chi connectivity index (χ3n) is 1.98. The Morgan fingerprint density at radius 3 is 2.43 bits per heavy atom. The van der Waals surface area contributed by atoms with Crippen molar-refractivity contribution in [2.24, 2.45) is 5.73 Å². The highest BCUT2D eigenvalue weighted by Crippen LogP contribution is 2.18. The van der Waals surface area contributed by atoms with Crippen LogP contribution >= 0.6 is 24.0 Å². The van der Waals surface area contributed by atoms with E-state index in [-0.39, 0.29) is 18.4 Å². The van der Waals surface area contributed by atoms with E-state index in [4.69, 9.17) is 17.3 Å². The third-order valence-corrected chi connectivity index (χ3v) is 2.23. The van der Waals surface area contributed by atoms with Gasteiger partial charge in [-0.3, -0.25) is 0 Å². The fraction of sp³-hybridized carbons (Fsp3) is 0.273. The molecule has 0 spiro atoms. The van der Waals surface area contributed by atoms with Gasteiger partial charge in [0.1, 0.15) is 0 Å². The molecule has 3 heteroatoms. The van der Waals surface area contributed by atoms with E-state index < -0.39 is 0 Å². The van der Waals surface area contributed by atoms with Crippen molar-refractivity contribution in [3.63, 3.8) is 0 Å². The van der Waals surface area contributed by atoms with Crippen LogP contribution < -0.4 is 5.73 Å². The van der Waals surface area contributed by atoms with Crippen LogP contribution in [0.15, 0.2) is 36.9 Å². The van der Waals surface area contributed by atoms with Crippen LogP contribution in [0.5, 0.6) is 0 Å². The first-order valence-corrected chi connectivity index (χ1v) is 4.74. The molecule has 1 nitrogen and oxygen atoms in total.